The van der Waals surface area contributed by atoms with E-state index in [2.05, 4.69) is 35.5 Å². The number of aromatic amines is 2. The summed E-state index contributed by atoms with van der Waals surface area (Å²) in [6, 6.07) is 12.0. The average Bonchev–Trinajstić information content (AvgIpc) is 3.62. The van der Waals surface area contributed by atoms with Crippen molar-refractivity contribution in [2.45, 2.75) is 6.54 Å². The Morgan fingerprint density at radius 3 is 2.36 bits per heavy atom. The lowest BCUT2D eigenvalue weighted by molar-refractivity contribution is 0.425. The zero-order valence-electron chi connectivity index (χ0n) is 26.0. The molecule has 0 fully saturated rings. The quantitative estimate of drug-likeness (QED) is 0.182. The summed E-state index contributed by atoms with van der Waals surface area (Å²) in [5, 5.41) is 12.3. The van der Waals surface area contributed by atoms with Gasteiger partial charge >= 0.3 is 0 Å². The highest BCUT2D eigenvalue weighted by molar-refractivity contribution is 8.03. The minimum atomic E-state index is -4.04. The van der Waals surface area contributed by atoms with Gasteiger partial charge in [-0.2, -0.15) is 5.10 Å². The van der Waals surface area contributed by atoms with Gasteiger partial charge in [0.05, 0.1) is 47.9 Å². The van der Waals surface area contributed by atoms with Gasteiger partial charge in [-0.3, -0.25) is 20.1 Å². The molecule has 0 amide bonds. The van der Waals surface area contributed by atoms with Crippen LogP contribution in [0.15, 0.2) is 67.3 Å². The van der Waals surface area contributed by atoms with Crippen molar-refractivity contribution in [1.82, 2.24) is 38.7 Å². The van der Waals surface area contributed by atoms with Crippen LogP contribution < -0.4 is 5.32 Å². The predicted molar refractivity (Wildman–Crippen MR) is 180 cm³/mol. The zero-order chi connectivity index (χ0) is 33.5. The summed E-state index contributed by atoms with van der Waals surface area (Å²) in [7, 11) is -4.13. The third-order valence-electron chi connectivity index (χ3n) is 7.45. The Balaban J connectivity index is 1.35. The van der Waals surface area contributed by atoms with Gasteiger partial charge in [0.2, 0.25) is 20.0 Å². The molecule has 0 radical (unpaired) electrons. The smallest absolute Gasteiger partial charge is 0.224 e. The van der Waals surface area contributed by atoms with Gasteiger partial charge in [0.1, 0.15) is 11.5 Å². The number of rotatable bonds is 11. The van der Waals surface area contributed by atoms with Crippen LogP contribution in [-0.4, -0.2) is 95.3 Å². The number of aromatic nitrogens is 6. The molecule has 1 aromatic carbocycles. The molecule has 6 aromatic rings. The highest BCUT2D eigenvalue weighted by atomic mass is 32.3. The van der Waals surface area contributed by atoms with E-state index in [9.17, 15) is 21.2 Å². The Labute approximate surface area is 271 Å². The van der Waals surface area contributed by atoms with Gasteiger partial charge < -0.3 is 15.2 Å². The second-order valence-electron chi connectivity index (χ2n) is 11.5. The molecule has 5 heterocycles. The summed E-state index contributed by atoms with van der Waals surface area (Å²) < 4.78 is 63.8. The number of sulfonamides is 2. The maximum absolute atomic E-state index is 14.7. The van der Waals surface area contributed by atoms with Gasteiger partial charge in [0.15, 0.2) is 0 Å². The SMILES string of the molecule is CN(C)CCNc1cc(F)cc(-c2nccc3[nH]c(-c4n[nH]c5cnc(-c6cncc(CN(S(C)(=O)=O)S(C)(=O)=O)c6)cc45)cc23)c1. The van der Waals surface area contributed by atoms with Crippen molar-refractivity contribution in [3.63, 3.8) is 0 Å². The van der Waals surface area contributed by atoms with Crippen LogP contribution in [0.4, 0.5) is 10.1 Å². The first-order chi connectivity index (χ1) is 22.3. The molecule has 5 aromatic heterocycles. The lowest BCUT2D eigenvalue weighted by Gasteiger charge is -2.17. The van der Waals surface area contributed by atoms with Crippen molar-refractivity contribution in [2.24, 2.45) is 0 Å². The van der Waals surface area contributed by atoms with E-state index in [0.29, 0.717) is 60.9 Å². The molecule has 47 heavy (non-hydrogen) atoms. The van der Waals surface area contributed by atoms with Crippen molar-refractivity contribution in [3.05, 3.63) is 78.6 Å². The Hall–Kier alpha value is -4.77. The number of anilines is 1. The molecule has 0 saturated heterocycles. The van der Waals surface area contributed by atoms with E-state index in [1.165, 1.54) is 18.3 Å². The molecule has 16 heteroatoms. The number of likely N-dealkylation sites (N-methyl/N-ethyl adjacent to an activating group) is 1. The van der Waals surface area contributed by atoms with E-state index in [1.807, 2.05) is 43.3 Å². The normalized spacial score (nSPS) is 12.5. The van der Waals surface area contributed by atoms with Crippen LogP contribution in [-0.2, 0) is 26.6 Å². The second kappa shape index (κ2) is 12.4. The van der Waals surface area contributed by atoms with Crippen molar-refractivity contribution < 1.29 is 21.2 Å². The second-order valence-corrected chi connectivity index (χ2v) is 15.5. The highest BCUT2D eigenvalue weighted by Crippen LogP contribution is 2.35. The largest absolute Gasteiger partial charge is 0.384 e. The van der Waals surface area contributed by atoms with E-state index in [-0.39, 0.29) is 5.82 Å². The predicted octanol–water partition coefficient (Wildman–Crippen LogP) is 4.06. The number of nitrogens with zero attached hydrogens (tertiary/aromatic N) is 6. The van der Waals surface area contributed by atoms with Crippen LogP contribution in [0.3, 0.4) is 0 Å². The Kier molecular flexibility index (Phi) is 8.52. The van der Waals surface area contributed by atoms with E-state index in [1.54, 1.807) is 24.7 Å². The standard InChI is InChI=1S/C31H32FN9O4S2/c1-40(2)8-7-34-23-11-20(10-22(32)12-23)30-24-14-28(37-26(24)5-6-35-30)31-25-13-27(36-17-29(25)38-39-31)21-9-19(15-33-16-21)18-41(46(3,42)43)47(4,44)45/h5-6,9-17,34,37H,7-8,18H2,1-4H3,(H,38,39). The Bertz CT molecular complexity index is 2310. The average molecular weight is 678 g/mol. The number of benzene rings is 1. The number of hydrogen-bond donors (Lipinski definition) is 3. The monoisotopic (exact) mass is 677 g/mol. The van der Waals surface area contributed by atoms with E-state index in [0.717, 1.165) is 35.3 Å². The van der Waals surface area contributed by atoms with Gasteiger partial charge in [0.25, 0.3) is 0 Å². The molecule has 0 aliphatic rings. The number of hydrogen-bond acceptors (Lipinski definition) is 10. The van der Waals surface area contributed by atoms with Crippen LogP contribution in [0, 0.1) is 5.82 Å². The van der Waals surface area contributed by atoms with Crippen molar-refractivity contribution in [1.29, 1.82) is 0 Å². The first kappa shape index (κ1) is 32.2. The topological polar surface area (TPSA) is 170 Å². The van der Waals surface area contributed by atoms with Crippen LogP contribution in [0.25, 0.3) is 55.7 Å². The Morgan fingerprint density at radius 1 is 0.851 bits per heavy atom. The molecule has 0 atom stereocenters. The third kappa shape index (κ3) is 7.00. The van der Waals surface area contributed by atoms with Crippen LogP contribution in [0.5, 0.6) is 0 Å². The Morgan fingerprint density at radius 2 is 1.62 bits per heavy atom. The lowest BCUT2D eigenvalue weighted by Crippen LogP contribution is -2.34. The van der Waals surface area contributed by atoms with Gasteiger partial charge in [-0.15, -0.1) is 0 Å². The van der Waals surface area contributed by atoms with Crippen LogP contribution in [0.1, 0.15) is 5.56 Å². The molecule has 0 unspecified atom stereocenters. The number of halogens is 1. The van der Waals surface area contributed by atoms with Gasteiger partial charge in [-0.05, 0) is 62.1 Å². The fourth-order valence-corrected chi connectivity index (χ4v) is 8.02. The number of fused-ring (bicyclic) bond motifs is 2. The first-order valence-corrected chi connectivity index (χ1v) is 18.1. The fourth-order valence-electron chi connectivity index (χ4n) is 5.29. The molecule has 0 aliphatic heterocycles. The number of pyridine rings is 3. The van der Waals surface area contributed by atoms with Crippen LogP contribution in [0.2, 0.25) is 0 Å². The maximum atomic E-state index is 14.7. The van der Waals surface area contributed by atoms with Crippen molar-refractivity contribution >= 4 is 47.5 Å². The molecule has 0 saturated carbocycles. The number of nitrogens with one attached hydrogen (secondary N) is 3. The maximum Gasteiger partial charge on any atom is 0.224 e. The molecular weight excluding hydrogens is 646 g/mol. The van der Waals surface area contributed by atoms with Crippen LogP contribution >= 0.6 is 0 Å². The zero-order valence-corrected chi connectivity index (χ0v) is 27.6. The molecule has 0 spiro atoms. The van der Waals surface area contributed by atoms with E-state index < -0.39 is 26.6 Å². The summed E-state index contributed by atoms with van der Waals surface area (Å²) in [6.45, 7) is 1.05. The molecule has 3 N–H and O–H groups in total. The molecule has 13 nitrogen and oxygen atoms in total. The first-order valence-electron chi connectivity index (χ1n) is 14.4. The number of H-pyrrole nitrogens is 2. The summed E-state index contributed by atoms with van der Waals surface area (Å²) in [5.74, 6) is -0.373. The van der Waals surface area contributed by atoms with E-state index >= 15 is 0 Å². The summed E-state index contributed by atoms with van der Waals surface area (Å²) in [4.78, 5) is 18.8. The fraction of sp³-hybridized carbons (Fsp3) is 0.226. The minimum absolute atomic E-state index is 0.372. The molecule has 0 bridgehead atoms. The molecular formula is C31H32FN9O4S2. The summed E-state index contributed by atoms with van der Waals surface area (Å²) >= 11 is 0. The van der Waals surface area contributed by atoms with Crippen molar-refractivity contribution in [2.75, 3.05) is 45.0 Å². The molecule has 244 valence electrons. The molecule has 0 aliphatic carbocycles. The lowest BCUT2D eigenvalue weighted by atomic mass is 10.1. The summed E-state index contributed by atoms with van der Waals surface area (Å²) in [5.41, 5.74) is 6.12. The van der Waals surface area contributed by atoms with Crippen molar-refractivity contribution in [3.8, 4) is 33.9 Å². The minimum Gasteiger partial charge on any atom is -0.384 e. The molecule has 6 rings (SSSR count). The van der Waals surface area contributed by atoms with Gasteiger partial charge in [-0.1, -0.05) is 3.71 Å². The third-order valence-corrected chi connectivity index (χ3v) is 10.8. The van der Waals surface area contributed by atoms with Gasteiger partial charge in [-0.25, -0.2) is 21.2 Å². The van der Waals surface area contributed by atoms with E-state index in [4.69, 9.17) is 0 Å². The summed E-state index contributed by atoms with van der Waals surface area (Å²) in [6.07, 6.45) is 7.94. The van der Waals surface area contributed by atoms with Gasteiger partial charge in [0, 0.05) is 64.8 Å². The highest BCUT2D eigenvalue weighted by Gasteiger charge is 2.27.